The minimum atomic E-state index is -0.236. The van der Waals surface area contributed by atoms with E-state index in [2.05, 4.69) is 5.32 Å². The fraction of sp³-hybridized carbons (Fsp3) is 0.222. The number of nitrogens with zero attached hydrogens (tertiary/aromatic N) is 1. The Balaban J connectivity index is 2.20. The Labute approximate surface area is 135 Å². The zero-order valence-corrected chi connectivity index (χ0v) is 13.3. The minimum Gasteiger partial charge on any atom is -0.493 e. The van der Waals surface area contributed by atoms with Gasteiger partial charge >= 0.3 is 0 Å². The molecule has 1 amide bonds. The van der Waals surface area contributed by atoms with Gasteiger partial charge in [-0.05, 0) is 55.3 Å². The van der Waals surface area contributed by atoms with Gasteiger partial charge in [0, 0.05) is 11.3 Å². The maximum absolute atomic E-state index is 12.4. The highest BCUT2D eigenvalue weighted by Crippen LogP contribution is 2.28. The molecule has 1 N–H and O–H groups in total. The molecule has 0 heterocycles. The van der Waals surface area contributed by atoms with Gasteiger partial charge in [0.1, 0.15) is 6.07 Å². The summed E-state index contributed by atoms with van der Waals surface area (Å²) in [6.45, 7) is 3.88. The van der Waals surface area contributed by atoms with Gasteiger partial charge in [-0.3, -0.25) is 4.79 Å². The molecule has 0 saturated heterocycles. The van der Waals surface area contributed by atoms with Gasteiger partial charge in [0.25, 0.3) is 5.91 Å². The van der Waals surface area contributed by atoms with Crippen LogP contribution in [-0.4, -0.2) is 19.6 Å². The summed E-state index contributed by atoms with van der Waals surface area (Å²) in [4.78, 5) is 12.4. The molecule has 0 aliphatic carbocycles. The van der Waals surface area contributed by atoms with Crippen LogP contribution in [-0.2, 0) is 0 Å². The van der Waals surface area contributed by atoms with Crippen molar-refractivity contribution in [3.8, 4) is 17.6 Å². The van der Waals surface area contributed by atoms with Crippen LogP contribution in [0.1, 0.15) is 21.5 Å². The van der Waals surface area contributed by atoms with E-state index in [1.165, 1.54) is 7.11 Å². The number of carbonyl (C=O) groups excluding carboxylic acids is 1. The number of nitriles is 1. The van der Waals surface area contributed by atoms with Crippen LogP contribution >= 0.6 is 0 Å². The molecule has 5 nitrogen and oxygen atoms in total. The van der Waals surface area contributed by atoms with Crippen molar-refractivity contribution in [2.24, 2.45) is 0 Å². The topological polar surface area (TPSA) is 71.3 Å². The first kappa shape index (κ1) is 16.4. The Hall–Kier alpha value is -3.00. The van der Waals surface area contributed by atoms with E-state index in [1.54, 1.807) is 18.2 Å². The molecule has 0 radical (unpaired) electrons. The quantitative estimate of drug-likeness (QED) is 0.918. The first-order valence-corrected chi connectivity index (χ1v) is 7.11. The fourth-order valence-electron chi connectivity index (χ4n) is 2.29. The van der Waals surface area contributed by atoms with Crippen LogP contribution in [0.3, 0.4) is 0 Å². The average molecular weight is 310 g/mol. The highest BCUT2D eigenvalue weighted by molar-refractivity contribution is 6.04. The number of ether oxygens (including phenoxy) is 2. The Morgan fingerprint density at radius 1 is 1.13 bits per heavy atom. The molecule has 23 heavy (non-hydrogen) atoms. The van der Waals surface area contributed by atoms with Gasteiger partial charge in [0.15, 0.2) is 18.1 Å². The van der Waals surface area contributed by atoms with E-state index in [0.717, 1.165) is 16.8 Å². The van der Waals surface area contributed by atoms with Crippen molar-refractivity contribution in [3.63, 3.8) is 0 Å². The Kier molecular flexibility index (Phi) is 5.21. The third-order valence-electron chi connectivity index (χ3n) is 3.20. The lowest BCUT2D eigenvalue weighted by atomic mass is 10.1. The maximum atomic E-state index is 12.4. The smallest absolute Gasteiger partial charge is 0.255 e. The van der Waals surface area contributed by atoms with E-state index in [4.69, 9.17) is 14.7 Å². The van der Waals surface area contributed by atoms with E-state index in [1.807, 2.05) is 38.1 Å². The lowest BCUT2D eigenvalue weighted by molar-refractivity contribution is 0.102. The number of amides is 1. The van der Waals surface area contributed by atoms with Crippen molar-refractivity contribution in [2.75, 3.05) is 19.0 Å². The number of benzene rings is 2. The van der Waals surface area contributed by atoms with Crippen LogP contribution in [0.25, 0.3) is 0 Å². The molecule has 0 bridgehead atoms. The van der Waals surface area contributed by atoms with Crippen LogP contribution in [0.15, 0.2) is 36.4 Å². The maximum Gasteiger partial charge on any atom is 0.255 e. The van der Waals surface area contributed by atoms with E-state index in [9.17, 15) is 4.79 Å². The molecule has 2 aromatic rings. The standard InChI is InChI=1S/C18H18N2O3/c1-12-8-13(2)10-15(9-12)20-18(21)14-4-5-16(23-7-6-19)17(11-14)22-3/h4-5,8-11H,7H2,1-3H3,(H,20,21). The van der Waals surface area contributed by atoms with Crippen molar-refractivity contribution < 1.29 is 14.3 Å². The monoisotopic (exact) mass is 310 g/mol. The summed E-state index contributed by atoms with van der Waals surface area (Å²) in [6.07, 6.45) is 0. The molecule has 2 rings (SSSR count). The first-order chi connectivity index (χ1) is 11.0. The lowest BCUT2D eigenvalue weighted by Crippen LogP contribution is -2.12. The normalized spacial score (nSPS) is 9.83. The van der Waals surface area contributed by atoms with Crippen LogP contribution in [0, 0.1) is 25.2 Å². The molecule has 5 heteroatoms. The highest BCUT2D eigenvalue weighted by Gasteiger charge is 2.12. The summed E-state index contributed by atoms with van der Waals surface area (Å²) in [5, 5.41) is 11.4. The van der Waals surface area contributed by atoms with Crippen molar-refractivity contribution in [1.82, 2.24) is 0 Å². The largest absolute Gasteiger partial charge is 0.493 e. The fourth-order valence-corrected chi connectivity index (χ4v) is 2.29. The minimum absolute atomic E-state index is 0.0789. The molecule has 0 aliphatic heterocycles. The molecular weight excluding hydrogens is 292 g/mol. The lowest BCUT2D eigenvalue weighted by Gasteiger charge is -2.11. The number of methoxy groups -OCH3 is 1. The van der Waals surface area contributed by atoms with Crippen LogP contribution in [0.4, 0.5) is 5.69 Å². The predicted molar refractivity (Wildman–Crippen MR) is 88.0 cm³/mol. The summed E-state index contributed by atoms with van der Waals surface area (Å²) in [5.41, 5.74) is 3.36. The van der Waals surface area contributed by atoms with E-state index >= 15 is 0 Å². The van der Waals surface area contributed by atoms with Gasteiger partial charge in [-0.2, -0.15) is 5.26 Å². The SMILES string of the molecule is COc1cc(C(=O)Nc2cc(C)cc(C)c2)ccc1OCC#N. The molecular formula is C18H18N2O3. The zero-order valence-electron chi connectivity index (χ0n) is 13.3. The van der Waals surface area contributed by atoms with Gasteiger partial charge in [0.2, 0.25) is 0 Å². The average Bonchev–Trinajstić information content (AvgIpc) is 2.51. The Morgan fingerprint density at radius 3 is 2.43 bits per heavy atom. The van der Waals surface area contributed by atoms with E-state index in [0.29, 0.717) is 17.1 Å². The van der Waals surface area contributed by atoms with Gasteiger partial charge in [-0.15, -0.1) is 0 Å². The van der Waals surface area contributed by atoms with Crippen LogP contribution in [0.2, 0.25) is 0 Å². The van der Waals surface area contributed by atoms with Gasteiger partial charge in [-0.1, -0.05) is 6.07 Å². The summed E-state index contributed by atoms with van der Waals surface area (Å²) in [5.74, 6) is 0.602. The zero-order chi connectivity index (χ0) is 16.8. The summed E-state index contributed by atoms with van der Waals surface area (Å²) in [6, 6.07) is 12.6. The molecule has 0 saturated carbocycles. The second-order valence-electron chi connectivity index (χ2n) is 5.14. The number of carbonyl (C=O) groups is 1. The van der Waals surface area contributed by atoms with E-state index < -0.39 is 0 Å². The molecule has 0 fully saturated rings. The molecule has 118 valence electrons. The summed E-state index contributed by atoms with van der Waals surface area (Å²) < 4.78 is 10.5. The summed E-state index contributed by atoms with van der Waals surface area (Å²) >= 11 is 0. The predicted octanol–water partition coefficient (Wildman–Crippen LogP) is 3.47. The Bertz CT molecular complexity index is 743. The highest BCUT2D eigenvalue weighted by atomic mass is 16.5. The molecule has 0 aromatic heterocycles. The van der Waals surface area contributed by atoms with Gasteiger partial charge < -0.3 is 14.8 Å². The first-order valence-electron chi connectivity index (χ1n) is 7.11. The van der Waals surface area contributed by atoms with Gasteiger partial charge in [-0.25, -0.2) is 0 Å². The summed E-state index contributed by atoms with van der Waals surface area (Å²) in [7, 11) is 1.49. The second-order valence-corrected chi connectivity index (χ2v) is 5.14. The van der Waals surface area contributed by atoms with Crippen molar-refractivity contribution in [2.45, 2.75) is 13.8 Å². The Morgan fingerprint density at radius 2 is 1.83 bits per heavy atom. The molecule has 0 aliphatic rings. The van der Waals surface area contributed by atoms with E-state index in [-0.39, 0.29) is 12.5 Å². The third-order valence-corrected chi connectivity index (χ3v) is 3.20. The van der Waals surface area contributed by atoms with Crippen molar-refractivity contribution >= 4 is 11.6 Å². The number of nitrogens with one attached hydrogen (secondary N) is 1. The van der Waals surface area contributed by atoms with Crippen molar-refractivity contribution in [3.05, 3.63) is 53.1 Å². The molecule has 2 aromatic carbocycles. The number of aryl methyl sites for hydroxylation is 2. The second kappa shape index (κ2) is 7.32. The number of rotatable bonds is 5. The van der Waals surface area contributed by atoms with Crippen molar-refractivity contribution in [1.29, 1.82) is 5.26 Å². The number of hydrogen-bond donors (Lipinski definition) is 1. The molecule has 0 atom stereocenters. The molecule has 0 spiro atoms. The number of hydrogen-bond acceptors (Lipinski definition) is 4. The van der Waals surface area contributed by atoms with Gasteiger partial charge in [0.05, 0.1) is 7.11 Å². The number of anilines is 1. The molecule has 0 unspecified atom stereocenters. The van der Waals surface area contributed by atoms with Crippen LogP contribution < -0.4 is 14.8 Å². The van der Waals surface area contributed by atoms with Crippen LogP contribution in [0.5, 0.6) is 11.5 Å². The third kappa shape index (κ3) is 4.24.